The number of hydrogen-bond acceptors (Lipinski definition) is 3. The lowest BCUT2D eigenvalue weighted by Gasteiger charge is -2.13. The fourth-order valence-electron chi connectivity index (χ4n) is 1.49. The van der Waals surface area contributed by atoms with Crippen LogP contribution in [0.1, 0.15) is 33.3 Å². The van der Waals surface area contributed by atoms with Crippen molar-refractivity contribution in [3.8, 4) is 5.69 Å². The Hall–Kier alpha value is -1.34. The van der Waals surface area contributed by atoms with Crippen molar-refractivity contribution in [2.45, 2.75) is 32.4 Å². The largest absolute Gasteiger partial charge is 0.261 e. The molecule has 0 radical (unpaired) electrons. The van der Waals surface area contributed by atoms with Gasteiger partial charge in [0.15, 0.2) is 0 Å². The molecule has 0 spiro atoms. The SMILES string of the molecule is C/C(=N\[S@@](=O)C(C)(C)C)c1cnn(-c2cncc(Br)c2)c1. The molecule has 112 valence electrons. The predicted molar refractivity (Wildman–Crippen MR) is 89.2 cm³/mol. The standard InChI is InChI=1S/C14H17BrN4OS/c1-10(18-21(20)14(2,3)4)11-6-17-19(9-11)13-5-12(15)7-16-8-13/h5-9H,1-4H3/b18-10+/t21-/m0/s1. The van der Waals surface area contributed by atoms with Gasteiger partial charge in [-0.3, -0.25) is 4.98 Å². The first-order valence-electron chi connectivity index (χ1n) is 6.40. The molecule has 2 rings (SSSR count). The Labute approximate surface area is 135 Å². The van der Waals surface area contributed by atoms with Crippen LogP contribution in [-0.2, 0) is 11.0 Å². The van der Waals surface area contributed by atoms with Crippen LogP contribution in [-0.4, -0.2) is 29.4 Å². The smallest absolute Gasteiger partial charge is 0.145 e. The number of halogens is 1. The highest BCUT2D eigenvalue weighted by atomic mass is 79.9. The first-order valence-corrected chi connectivity index (χ1v) is 8.30. The Bertz CT molecular complexity index is 703. The van der Waals surface area contributed by atoms with Gasteiger partial charge in [0.05, 0.1) is 28.5 Å². The van der Waals surface area contributed by atoms with Crippen LogP contribution in [0.3, 0.4) is 0 Å². The Balaban J connectivity index is 2.28. The topological polar surface area (TPSA) is 60.1 Å². The molecule has 0 saturated heterocycles. The van der Waals surface area contributed by atoms with E-state index >= 15 is 0 Å². The maximum Gasteiger partial charge on any atom is 0.145 e. The summed E-state index contributed by atoms with van der Waals surface area (Å²) in [5.41, 5.74) is 2.39. The highest BCUT2D eigenvalue weighted by Crippen LogP contribution is 2.16. The van der Waals surface area contributed by atoms with Crippen LogP contribution < -0.4 is 0 Å². The van der Waals surface area contributed by atoms with E-state index in [0.717, 1.165) is 15.7 Å². The summed E-state index contributed by atoms with van der Waals surface area (Å²) in [4.78, 5) is 4.11. The molecule has 7 heteroatoms. The van der Waals surface area contributed by atoms with Crippen molar-refractivity contribution in [2.24, 2.45) is 4.40 Å². The third-order valence-corrected chi connectivity index (χ3v) is 4.62. The van der Waals surface area contributed by atoms with Gasteiger partial charge >= 0.3 is 0 Å². The summed E-state index contributed by atoms with van der Waals surface area (Å²) in [5, 5.41) is 4.29. The molecule has 0 unspecified atom stereocenters. The quantitative estimate of drug-likeness (QED) is 0.780. The first-order chi connectivity index (χ1) is 9.77. The van der Waals surface area contributed by atoms with Crippen LogP contribution in [0.15, 0.2) is 39.7 Å². The van der Waals surface area contributed by atoms with Gasteiger partial charge in [-0.1, -0.05) is 0 Å². The van der Waals surface area contributed by atoms with E-state index in [1.54, 1.807) is 23.3 Å². The minimum atomic E-state index is -1.28. The maximum absolute atomic E-state index is 12.0. The molecule has 0 fully saturated rings. The summed E-state index contributed by atoms with van der Waals surface area (Å²) in [6.45, 7) is 7.54. The lowest BCUT2D eigenvalue weighted by molar-refractivity contribution is 0.650. The van der Waals surface area contributed by atoms with Gasteiger partial charge in [-0.05, 0) is 49.7 Å². The molecule has 0 bridgehead atoms. The van der Waals surface area contributed by atoms with E-state index in [9.17, 15) is 4.21 Å². The summed E-state index contributed by atoms with van der Waals surface area (Å²) in [5.74, 6) is 0. The lowest BCUT2D eigenvalue weighted by atomic mass is 10.2. The molecule has 0 saturated carbocycles. The second-order valence-corrected chi connectivity index (χ2v) is 8.39. The Morgan fingerprint density at radius 2 is 2.05 bits per heavy atom. The number of nitrogens with zero attached hydrogens (tertiary/aromatic N) is 4. The third kappa shape index (κ3) is 4.07. The number of rotatable bonds is 3. The molecular formula is C14H17BrN4OS. The highest BCUT2D eigenvalue weighted by molar-refractivity contribution is 9.10. The highest BCUT2D eigenvalue weighted by Gasteiger charge is 2.19. The molecule has 5 nitrogen and oxygen atoms in total. The van der Waals surface area contributed by atoms with Crippen molar-refractivity contribution < 1.29 is 4.21 Å². The predicted octanol–water partition coefficient (Wildman–Crippen LogP) is 3.30. The van der Waals surface area contributed by atoms with Crippen LogP contribution in [0, 0.1) is 0 Å². The van der Waals surface area contributed by atoms with E-state index in [4.69, 9.17) is 0 Å². The molecule has 0 aliphatic heterocycles. The minimum Gasteiger partial charge on any atom is -0.261 e. The van der Waals surface area contributed by atoms with Crippen molar-refractivity contribution in [3.63, 3.8) is 0 Å². The van der Waals surface area contributed by atoms with Crippen LogP contribution >= 0.6 is 15.9 Å². The van der Waals surface area contributed by atoms with Gasteiger partial charge in [-0.2, -0.15) is 9.50 Å². The number of hydrogen-bond donors (Lipinski definition) is 0. The van der Waals surface area contributed by atoms with Crippen molar-refractivity contribution in [1.29, 1.82) is 0 Å². The van der Waals surface area contributed by atoms with Crippen LogP contribution in [0.2, 0.25) is 0 Å². The second-order valence-electron chi connectivity index (χ2n) is 5.57. The average Bonchev–Trinajstić information content (AvgIpc) is 2.87. The van der Waals surface area contributed by atoms with Gasteiger partial charge < -0.3 is 0 Å². The monoisotopic (exact) mass is 368 g/mol. The lowest BCUT2D eigenvalue weighted by Crippen LogP contribution is -2.20. The molecule has 0 aliphatic rings. The molecular weight excluding hydrogens is 352 g/mol. The van der Waals surface area contributed by atoms with E-state index in [-0.39, 0.29) is 4.75 Å². The average molecular weight is 369 g/mol. The van der Waals surface area contributed by atoms with Crippen LogP contribution in [0.25, 0.3) is 5.69 Å². The molecule has 2 aromatic heterocycles. The van der Waals surface area contributed by atoms with Crippen LogP contribution in [0.4, 0.5) is 0 Å². The Morgan fingerprint density at radius 3 is 2.67 bits per heavy atom. The molecule has 2 heterocycles. The summed E-state index contributed by atoms with van der Waals surface area (Å²) < 4.78 is 18.5. The zero-order chi connectivity index (χ0) is 15.6. The maximum atomic E-state index is 12.0. The third-order valence-electron chi connectivity index (χ3n) is 2.70. The minimum absolute atomic E-state index is 0.370. The molecule has 21 heavy (non-hydrogen) atoms. The fourth-order valence-corrected chi connectivity index (χ4v) is 2.47. The Morgan fingerprint density at radius 1 is 1.33 bits per heavy atom. The van der Waals surface area contributed by atoms with Gasteiger partial charge in [0.25, 0.3) is 0 Å². The fraction of sp³-hybridized carbons (Fsp3) is 0.357. The summed E-state index contributed by atoms with van der Waals surface area (Å²) >= 11 is 3.38. The Kier molecular flexibility index (Phi) is 4.73. The zero-order valence-electron chi connectivity index (χ0n) is 12.4. The van der Waals surface area contributed by atoms with Gasteiger partial charge in [-0.25, -0.2) is 8.89 Å². The molecule has 0 amide bonds. The second kappa shape index (κ2) is 6.19. The van der Waals surface area contributed by atoms with Crippen LogP contribution in [0.5, 0.6) is 0 Å². The summed E-state index contributed by atoms with van der Waals surface area (Å²) in [7, 11) is -1.28. The van der Waals surface area contributed by atoms with E-state index < -0.39 is 11.0 Å². The van der Waals surface area contributed by atoms with Gasteiger partial charge in [0.1, 0.15) is 11.0 Å². The van der Waals surface area contributed by atoms with E-state index in [1.165, 1.54) is 0 Å². The molecule has 0 N–H and O–H groups in total. The van der Waals surface area contributed by atoms with E-state index in [0.29, 0.717) is 5.71 Å². The summed E-state index contributed by atoms with van der Waals surface area (Å²) in [6, 6.07) is 1.92. The normalized spacial score (nSPS) is 14.2. The molecule has 0 aromatic carbocycles. The van der Waals surface area contributed by atoms with Crippen molar-refractivity contribution in [1.82, 2.24) is 14.8 Å². The van der Waals surface area contributed by atoms with Crippen molar-refractivity contribution >= 4 is 32.6 Å². The molecule has 2 aromatic rings. The number of aromatic nitrogens is 3. The van der Waals surface area contributed by atoms with Crippen molar-refractivity contribution in [2.75, 3.05) is 0 Å². The first kappa shape index (κ1) is 16.0. The molecule has 0 aliphatic carbocycles. The molecule has 1 atom stereocenters. The van der Waals surface area contributed by atoms with Gasteiger partial charge in [-0.15, -0.1) is 0 Å². The van der Waals surface area contributed by atoms with Gasteiger partial charge in [0, 0.05) is 22.4 Å². The van der Waals surface area contributed by atoms with E-state index in [2.05, 4.69) is 30.4 Å². The van der Waals surface area contributed by atoms with Gasteiger partial charge in [0.2, 0.25) is 0 Å². The van der Waals surface area contributed by atoms with E-state index in [1.807, 2.05) is 40.0 Å². The summed E-state index contributed by atoms with van der Waals surface area (Å²) in [6.07, 6.45) is 7.00. The van der Waals surface area contributed by atoms with Crippen molar-refractivity contribution in [3.05, 3.63) is 40.9 Å². The number of pyridine rings is 1. The zero-order valence-corrected chi connectivity index (χ0v) is 14.8.